The number of carbonyl (C=O) groups excluding carboxylic acids is 2. The Morgan fingerprint density at radius 3 is 2.23 bits per heavy atom. The molecule has 208 valence electrons. The van der Waals surface area contributed by atoms with Gasteiger partial charge in [-0.15, -0.1) is 0 Å². The van der Waals surface area contributed by atoms with Crippen molar-refractivity contribution in [2.75, 3.05) is 19.5 Å². The van der Waals surface area contributed by atoms with E-state index in [1.165, 1.54) is 26.4 Å². The number of anilines is 1. The number of esters is 1. The van der Waals surface area contributed by atoms with Crippen molar-refractivity contribution in [3.63, 3.8) is 0 Å². The zero-order valence-electron chi connectivity index (χ0n) is 21.8. The van der Waals surface area contributed by atoms with E-state index in [4.69, 9.17) is 42.1 Å². The molecule has 0 unspecified atom stereocenters. The molecule has 0 bridgehead atoms. The van der Waals surface area contributed by atoms with Gasteiger partial charge in [-0.1, -0.05) is 29.3 Å². The van der Waals surface area contributed by atoms with Gasteiger partial charge >= 0.3 is 12.1 Å². The number of amides is 1. The molecule has 0 saturated heterocycles. The number of benzene rings is 2. The van der Waals surface area contributed by atoms with Crippen LogP contribution in [0.5, 0.6) is 11.5 Å². The number of halogens is 3. The maximum absolute atomic E-state index is 14.9. The molecule has 1 N–H and O–H groups in total. The Hall–Kier alpha value is -3.76. The summed E-state index contributed by atoms with van der Waals surface area (Å²) in [7, 11) is 2.92. The Kier molecular flexibility index (Phi) is 9.47. The molecule has 0 spiro atoms. The van der Waals surface area contributed by atoms with E-state index in [0.29, 0.717) is 27.4 Å². The molecule has 0 saturated carbocycles. The van der Waals surface area contributed by atoms with Crippen LogP contribution in [0, 0.1) is 11.0 Å². The molecule has 0 aliphatic rings. The molecule has 1 heterocycles. The highest BCUT2D eigenvalue weighted by atomic mass is 35.5. The zero-order valence-corrected chi connectivity index (χ0v) is 23.4. The van der Waals surface area contributed by atoms with Crippen LogP contribution in [-0.4, -0.2) is 31.9 Å². The third-order valence-corrected chi connectivity index (χ3v) is 5.96. The van der Waals surface area contributed by atoms with E-state index in [9.17, 15) is 19.2 Å². The molecule has 9 nitrogen and oxygen atoms in total. The van der Waals surface area contributed by atoms with Gasteiger partial charge in [0.2, 0.25) is 0 Å². The van der Waals surface area contributed by atoms with Crippen molar-refractivity contribution in [1.82, 2.24) is 0 Å². The number of methoxy groups -OCH3 is 2. The summed E-state index contributed by atoms with van der Waals surface area (Å²) in [6, 6.07) is 8.35. The molecule has 1 amide bonds. The Balaban J connectivity index is 1.92. The predicted molar refractivity (Wildman–Crippen MR) is 143 cm³/mol. The summed E-state index contributed by atoms with van der Waals surface area (Å²) >= 11 is 12.5. The van der Waals surface area contributed by atoms with Crippen LogP contribution in [0.4, 0.5) is 14.9 Å². The summed E-state index contributed by atoms with van der Waals surface area (Å²) in [6.07, 6.45) is 0.397. The van der Waals surface area contributed by atoms with Crippen molar-refractivity contribution in [2.24, 2.45) is 0 Å². The summed E-state index contributed by atoms with van der Waals surface area (Å²) < 4.78 is 36.9. The van der Waals surface area contributed by atoms with Crippen molar-refractivity contribution in [3.05, 3.63) is 86.6 Å². The van der Waals surface area contributed by atoms with Crippen molar-refractivity contribution in [3.8, 4) is 11.5 Å². The normalized spacial score (nSPS) is 11.9. The second-order valence-electron chi connectivity index (χ2n) is 9.33. The van der Waals surface area contributed by atoms with E-state index < -0.39 is 29.6 Å². The number of carbonyl (C=O) groups is 2. The lowest BCUT2D eigenvalue weighted by atomic mass is 10.0. The third kappa shape index (κ3) is 7.87. The number of nitrogens with one attached hydrogen (secondary N) is 1. The van der Waals surface area contributed by atoms with Gasteiger partial charge in [0.1, 0.15) is 27.6 Å². The highest BCUT2D eigenvalue weighted by Crippen LogP contribution is 2.35. The topological polar surface area (TPSA) is 110 Å². The molecule has 0 fully saturated rings. The largest absolute Gasteiger partial charge is 0.619 e. The lowest BCUT2D eigenvalue weighted by Crippen LogP contribution is -2.27. The van der Waals surface area contributed by atoms with Crippen molar-refractivity contribution < 1.29 is 37.7 Å². The molecule has 0 aliphatic carbocycles. The fraction of sp³-hybridized carbons (Fsp3) is 0.296. The molecule has 3 rings (SSSR count). The van der Waals surface area contributed by atoms with E-state index in [1.54, 1.807) is 39.0 Å². The van der Waals surface area contributed by atoms with E-state index >= 15 is 0 Å². The van der Waals surface area contributed by atoms with Crippen LogP contribution in [0.2, 0.25) is 10.0 Å². The SMILES string of the molecule is COc1ccc([C@H](Cc2c(Cl)c[n+]([O-])cc2Cl)OC(=O)c2ccc(NC(=O)OC(C)(C)C)cc2F)cc1OC. The standard InChI is InChI=1S/C27H27Cl2FN2O7/c1-27(2,3)39-26(34)31-16-7-8-17(21(30)11-16)25(33)38-23(12-18-19(28)13-32(35)14-20(18)29)15-6-9-22(36-4)24(10-15)37-5/h6-11,13-14,23H,12H2,1-5H3,(H,31,34)/t23-/m0/s1. The summed E-state index contributed by atoms with van der Waals surface area (Å²) in [5, 5.41) is 14.2. The van der Waals surface area contributed by atoms with Crippen LogP contribution in [-0.2, 0) is 15.9 Å². The number of ether oxygens (including phenoxy) is 4. The van der Waals surface area contributed by atoms with E-state index in [2.05, 4.69) is 5.32 Å². The lowest BCUT2D eigenvalue weighted by molar-refractivity contribution is -0.605. The molecule has 1 aromatic heterocycles. The minimum absolute atomic E-state index is 0.0420. The van der Waals surface area contributed by atoms with Gasteiger partial charge in [0.25, 0.3) is 0 Å². The maximum Gasteiger partial charge on any atom is 0.412 e. The Bertz CT molecular complexity index is 1360. The molecule has 0 aliphatic heterocycles. The van der Waals surface area contributed by atoms with Crippen LogP contribution in [0.1, 0.15) is 48.4 Å². The average molecular weight is 581 g/mol. The van der Waals surface area contributed by atoms with Crippen LogP contribution < -0.4 is 19.5 Å². The highest BCUT2D eigenvalue weighted by Gasteiger charge is 2.26. The van der Waals surface area contributed by atoms with Gasteiger partial charge < -0.3 is 24.2 Å². The number of hydrogen-bond acceptors (Lipinski definition) is 7. The molecule has 3 aromatic rings. The first-order valence-electron chi connectivity index (χ1n) is 11.6. The van der Waals surface area contributed by atoms with Crippen molar-refractivity contribution >= 4 is 41.0 Å². The monoisotopic (exact) mass is 580 g/mol. The second-order valence-corrected chi connectivity index (χ2v) is 10.1. The van der Waals surface area contributed by atoms with Gasteiger partial charge in [0, 0.05) is 17.7 Å². The molecule has 1 atom stereocenters. The average Bonchev–Trinajstić information content (AvgIpc) is 2.83. The Morgan fingerprint density at radius 1 is 1.03 bits per heavy atom. The van der Waals surface area contributed by atoms with E-state index in [-0.39, 0.29) is 27.7 Å². The minimum atomic E-state index is -1.02. The van der Waals surface area contributed by atoms with Crippen LogP contribution in [0.3, 0.4) is 0 Å². The summed E-state index contributed by atoms with van der Waals surface area (Å²) in [5.41, 5.74) is -0.225. The van der Waals surface area contributed by atoms with Gasteiger partial charge in [0.05, 0.1) is 19.8 Å². The number of hydrogen-bond donors (Lipinski definition) is 1. The van der Waals surface area contributed by atoms with Crippen LogP contribution in [0.15, 0.2) is 48.8 Å². The molecule has 0 radical (unpaired) electrons. The van der Waals surface area contributed by atoms with Gasteiger partial charge in [-0.3, -0.25) is 5.32 Å². The number of rotatable bonds is 8. The quantitative estimate of drug-likeness (QED) is 0.190. The lowest BCUT2D eigenvalue weighted by Gasteiger charge is -2.21. The van der Waals surface area contributed by atoms with Crippen LogP contribution >= 0.6 is 23.2 Å². The Labute approximate surface area is 234 Å². The molecule has 39 heavy (non-hydrogen) atoms. The van der Waals surface area contributed by atoms with Gasteiger partial charge in [-0.05, 0) is 56.7 Å². The number of aromatic nitrogens is 1. The number of nitrogens with zero attached hydrogens (tertiary/aromatic N) is 1. The fourth-order valence-electron chi connectivity index (χ4n) is 3.56. The summed E-state index contributed by atoms with van der Waals surface area (Å²) in [6.45, 7) is 5.07. The van der Waals surface area contributed by atoms with Gasteiger partial charge in [0.15, 0.2) is 23.9 Å². The summed E-state index contributed by atoms with van der Waals surface area (Å²) in [4.78, 5) is 25.1. The smallest absolute Gasteiger partial charge is 0.412 e. The Morgan fingerprint density at radius 2 is 1.67 bits per heavy atom. The van der Waals surface area contributed by atoms with Gasteiger partial charge in [-0.25, -0.2) is 14.0 Å². The maximum atomic E-state index is 14.9. The van der Waals surface area contributed by atoms with Gasteiger partial charge in [-0.2, -0.15) is 4.73 Å². The third-order valence-electron chi connectivity index (χ3n) is 5.31. The van der Waals surface area contributed by atoms with Crippen molar-refractivity contribution in [2.45, 2.75) is 38.9 Å². The molecular weight excluding hydrogens is 554 g/mol. The minimum Gasteiger partial charge on any atom is -0.619 e. The molecule has 2 aromatic carbocycles. The first kappa shape index (κ1) is 29.8. The molecular formula is C27H27Cl2FN2O7. The zero-order chi connectivity index (χ0) is 28.9. The fourth-order valence-corrected chi connectivity index (χ4v) is 4.16. The molecule has 12 heteroatoms. The summed E-state index contributed by atoms with van der Waals surface area (Å²) in [5.74, 6) is -1.11. The second kappa shape index (κ2) is 12.4. The number of pyridine rings is 1. The highest BCUT2D eigenvalue weighted by molar-refractivity contribution is 6.35. The van der Waals surface area contributed by atoms with Crippen LogP contribution in [0.25, 0.3) is 0 Å². The first-order chi connectivity index (χ1) is 18.3. The first-order valence-corrected chi connectivity index (χ1v) is 12.4. The van der Waals surface area contributed by atoms with E-state index in [0.717, 1.165) is 18.5 Å². The predicted octanol–water partition coefficient (Wildman–Crippen LogP) is 6.27. The van der Waals surface area contributed by atoms with E-state index in [1.807, 2.05) is 0 Å². The van der Waals surface area contributed by atoms with Crippen molar-refractivity contribution in [1.29, 1.82) is 0 Å².